The summed E-state index contributed by atoms with van der Waals surface area (Å²) in [6.45, 7) is 7.86. The molecule has 0 radical (unpaired) electrons. The van der Waals surface area contributed by atoms with Crippen LogP contribution < -0.4 is 10.9 Å². The summed E-state index contributed by atoms with van der Waals surface area (Å²) in [5, 5.41) is 4.18. The minimum atomic E-state index is -0.357. The molecule has 0 aliphatic heterocycles. The first-order valence-corrected chi connectivity index (χ1v) is 7.88. The summed E-state index contributed by atoms with van der Waals surface area (Å²) in [6.07, 6.45) is 0. The van der Waals surface area contributed by atoms with Crippen LogP contribution in [-0.2, 0) is 4.79 Å². The number of aryl methyl sites for hydroxylation is 2. The van der Waals surface area contributed by atoms with Crippen molar-refractivity contribution < 1.29 is 9.21 Å². The van der Waals surface area contributed by atoms with E-state index in [0.29, 0.717) is 16.6 Å². The molecule has 0 fully saturated rings. The van der Waals surface area contributed by atoms with Crippen LogP contribution in [0.25, 0.3) is 11.0 Å². The van der Waals surface area contributed by atoms with E-state index in [1.165, 1.54) is 6.07 Å². The Hall–Kier alpha value is -1.75. The van der Waals surface area contributed by atoms with Gasteiger partial charge in [0.25, 0.3) is 0 Å². The highest BCUT2D eigenvalue weighted by Crippen LogP contribution is 2.25. The van der Waals surface area contributed by atoms with Gasteiger partial charge in [-0.2, -0.15) is 0 Å². The molecule has 2 rings (SSSR count). The first kappa shape index (κ1) is 15.6. The summed E-state index contributed by atoms with van der Waals surface area (Å²) in [4.78, 5) is 23.3. The van der Waals surface area contributed by atoms with E-state index in [1.807, 2.05) is 19.9 Å². The van der Waals surface area contributed by atoms with E-state index in [-0.39, 0.29) is 11.5 Å². The van der Waals surface area contributed by atoms with Crippen LogP contribution in [0.4, 0.5) is 5.69 Å². The van der Waals surface area contributed by atoms with Gasteiger partial charge >= 0.3 is 5.63 Å². The van der Waals surface area contributed by atoms with Crippen LogP contribution in [0.15, 0.2) is 27.4 Å². The highest BCUT2D eigenvalue weighted by Gasteiger charge is 2.10. The molecule has 1 N–H and O–H groups in total. The van der Waals surface area contributed by atoms with E-state index < -0.39 is 0 Å². The highest BCUT2D eigenvalue weighted by atomic mass is 32.2. The zero-order valence-corrected chi connectivity index (χ0v) is 13.5. The van der Waals surface area contributed by atoms with Gasteiger partial charge in [-0.1, -0.05) is 13.8 Å². The predicted octanol–water partition coefficient (Wildman–Crippen LogP) is 3.49. The lowest BCUT2D eigenvalue weighted by molar-refractivity contribution is -0.113. The van der Waals surface area contributed by atoms with Gasteiger partial charge in [0.2, 0.25) is 5.91 Å². The van der Waals surface area contributed by atoms with Crippen LogP contribution >= 0.6 is 11.8 Å². The summed E-state index contributed by atoms with van der Waals surface area (Å²) >= 11 is 1.60. The topological polar surface area (TPSA) is 59.3 Å². The SMILES string of the molecule is Cc1cc2oc(=O)cc(C)c2cc1NC(=O)CSC(C)C. The van der Waals surface area contributed by atoms with Gasteiger partial charge in [0, 0.05) is 17.1 Å². The van der Waals surface area contributed by atoms with Crippen molar-refractivity contribution in [1.29, 1.82) is 0 Å². The summed E-state index contributed by atoms with van der Waals surface area (Å²) < 4.78 is 5.19. The van der Waals surface area contributed by atoms with Gasteiger partial charge < -0.3 is 9.73 Å². The predicted molar refractivity (Wildman–Crippen MR) is 88.2 cm³/mol. The Morgan fingerprint density at radius 1 is 1.24 bits per heavy atom. The Morgan fingerprint density at radius 2 is 1.95 bits per heavy atom. The molecular formula is C16H19NO3S. The Balaban J connectivity index is 2.30. The quantitative estimate of drug-likeness (QED) is 0.878. The maximum absolute atomic E-state index is 11.9. The van der Waals surface area contributed by atoms with Crippen LogP contribution in [0.5, 0.6) is 0 Å². The number of benzene rings is 1. The summed E-state index contributed by atoms with van der Waals surface area (Å²) in [5.41, 5.74) is 2.66. The number of hydrogen-bond donors (Lipinski definition) is 1. The number of fused-ring (bicyclic) bond motifs is 1. The maximum atomic E-state index is 11.9. The molecule has 0 saturated heterocycles. The van der Waals surface area contributed by atoms with E-state index in [9.17, 15) is 9.59 Å². The van der Waals surface area contributed by atoms with Crippen molar-refractivity contribution >= 4 is 34.3 Å². The third kappa shape index (κ3) is 3.88. The third-order valence-corrected chi connectivity index (χ3v) is 4.21. The molecule has 0 aliphatic rings. The molecule has 1 heterocycles. The second-order valence-corrected chi connectivity index (χ2v) is 6.88. The average molecular weight is 305 g/mol. The Bertz CT molecular complexity index is 734. The Labute approximate surface area is 127 Å². The van der Waals surface area contributed by atoms with Crippen molar-refractivity contribution in [2.24, 2.45) is 0 Å². The molecule has 0 spiro atoms. The van der Waals surface area contributed by atoms with E-state index in [2.05, 4.69) is 19.2 Å². The third-order valence-electron chi connectivity index (χ3n) is 3.12. The minimum Gasteiger partial charge on any atom is -0.423 e. The van der Waals surface area contributed by atoms with Crippen molar-refractivity contribution in [3.63, 3.8) is 0 Å². The van der Waals surface area contributed by atoms with Gasteiger partial charge in [0.1, 0.15) is 5.58 Å². The Morgan fingerprint density at radius 3 is 2.62 bits per heavy atom. The van der Waals surface area contributed by atoms with Crippen molar-refractivity contribution in [1.82, 2.24) is 0 Å². The molecule has 2 aromatic rings. The molecule has 1 aromatic carbocycles. The molecule has 0 atom stereocenters. The lowest BCUT2D eigenvalue weighted by Crippen LogP contribution is -2.16. The van der Waals surface area contributed by atoms with Crippen LogP contribution in [0.2, 0.25) is 0 Å². The molecule has 0 bridgehead atoms. The smallest absolute Gasteiger partial charge is 0.336 e. The summed E-state index contributed by atoms with van der Waals surface area (Å²) in [6, 6.07) is 5.10. The number of hydrogen-bond acceptors (Lipinski definition) is 4. The second-order valence-electron chi connectivity index (χ2n) is 5.32. The summed E-state index contributed by atoms with van der Waals surface area (Å²) in [5.74, 6) is 0.407. The zero-order chi connectivity index (χ0) is 15.6. The number of nitrogens with one attached hydrogen (secondary N) is 1. The van der Waals surface area contributed by atoms with Crippen molar-refractivity contribution in [2.45, 2.75) is 32.9 Å². The van der Waals surface area contributed by atoms with Crippen molar-refractivity contribution in [3.8, 4) is 0 Å². The van der Waals surface area contributed by atoms with Gasteiger partial charge in [-0.15, -0.1) is 11.8 Å². The van der Waals surface area contributed by atoms with E-state index in [1.54, 1.807) is 17.8 Å². The molecule has 0 unspecified atom stereocenters. The molecule has 1 amide bonds. The van der Waals surface area contributed by atoms with Crippen LogP contribution in [0.1, 0.15) is 25.0 Å². The first-order chi connectivity index (χ1) is 9.86. The minimum absolute atomic E-state index is 0.0220. The fraction of sp³-hybridized carbons (Fsp3) is 0.375. The standard InChI is InChI=1S/C16H19NO3S/c1-9(2)21-8-15(18)17-13-7-12-10(3)6-16(19)20-14(12)5-11(13)4/h5-7,9H,8H2,1-4H3,(H,17,18). The van der Waals surface area contributed by atoms with Crippen LogP contribution in [-0.4, -0.2) is 16.9 Å². The van der Waals surface area contributed by atoms with E-state index in [0.717, 1.165) is 22.2 Å². The van der Waals surface area contributed by atoms with Gasteiger partial charge in [-0.3, -0.25) is 4.79 Å². The number of amides is 1. The van der Waals surface area contributed by atoms with Crippen LogP contribution in [0, 0.1) is 13.8 Å². The van der Waals surface area contributed by atoms with Gasteiger partial charge in [-0.25, -0.2) is 4.79 Å². The van der Waals surface area contributed by atoms with Crippen LogP contribution in [0.3, 0.4) is 0 Å². The Kier molecular flexibility index (Phi) is 4.73. The molecule has 0 saturated carbocycles. The second kappa shape index (κ2) is 6.35. The molecule has 0 aliphatic carbocycles. The number of carbonyl (C=O) groups excluding carboxylic acids is 1. The zero-order valence-electron chi connectivity index (χ0n) is 12.6. The largest absolute Gasteiger partial charge is 0.423 e. The fourth-order valence-electron chi connectivity index (χ4n) is 2.03. The van der Waals surface area contributed by atoms with Gasteiger partial charge in [-0.05, 0) is 42.4 Å². The molecule has 4 nitrogen and oxygen atoms in total. The monoisotopic (exact) mass is 305 g/mol. The van der Waals surface area contributed by atoms with Gasteiger partial charge in [0.05, 0.1) is 5.75 Å². The first-order valence-electron chi connectivity index (χ1n) is 6.83. The fourth-order valence-corrected chi connectivity index (χ4v) is 2.59. The number of anilines is 1. The highest BCUT2D eigenvalue weighted by molar-refractivity contribution is 8.00. The van der Waals surface area contributed by atoms with E-state index in [4.69, 9.17) is 4.42 Å². The van der Waals surface area contributed by atoms with Crippen molar-refractivity contribution in [3.05, 3.63) is 39.7 Å². The van der Waals surface area contributed by atoms with E-state index >= 15 is 0 Å². The average Bonchev–Trinajstić information content (AvgIpc) is 2.38. The molecule has 1 aromatic heterocycles. The number of thioether (sulfide) groups is 1. The summed E-state index contributed by atoms with van der Waals surface area (Å²) in [7, 11) is 0. The van der Waals surface area contributed by atoms with Crippen molar-refractivity contribution in [2.75, 3.05) is 11.1 Å². The maximum Gasteiger partial charge on any atom is 0.336 e. The molecule has 21 heavy (non-hydrogen) atoms. The lowest BCUT2D eigenvalue weighted by atomic mass is 10.1. The molecular weight excluding hydrogens is 286 g/mol. The number of carbonyl (C=O) groups is 1. The normalized spacial score (nSPS) is 11.1. The molecule has 112 valence electrons. The lowest BCUT2D eigenvalue weighted by Gasteiger charge is -2.11. The van der Waals surface area contributed by atoms with Gasteiger partial charge in [0.15, 0.2) is 0 Å². The molecule has 5 heteroatoms. The number of rotatable bonds is 4.